The number of nitrogens with one attached hydrogen (secondary N) is 1. The van der Waals surface area contributed by atoms with Crippen LogP contribution in [-0.4, -0.2) is 30.8 Å². The molecule has 136 valence electrons. The first-order chi connectivity index (χ1) is 12.7. The Bertz CT molecular complexity index is 830. The molecule has 2 aliphatic heterocycles. The van der Waals surface area contributed by atoms with E-state index in [0.717, 1.165) is 29.2 Å². The Morgan fingerprint density at radius 2 is 2.08 bits per heavy atom. The molecule has 3 heterocycles. The molecule has 2 aromatic rings. The number of benzene rings is 1. The third kappa shape index (κ3) is 3.71. The van der Waals surface area contributed by atoms with E-state index < -0.39 is 6.10 Å². The van der Waals surface area contributed by atoms with E-state index in [-0.39, 0.29) is 5.91 Å². The van der Waals surface area contributed by atoms with Gasteiger partial charge in [-0.1, -0.05) is 35.0 Å². The van der Waals surface area contributed by atoms with E-state index in [1.807, 2.05) is 24.3 Å². The van der Waals surface area contributed by atoms with Gasteiger partial charge in [0.15, 0.2) is 0 Å². The lowest BCUT2D eigenvalue weighted by Gasteiger charge is -2.21. The number of rotatable bonds is 5. The van der Waals surface area contributed by atoms with Crippen molar-refractivity contribution in [3.05, 3.63) is 51.2 Å². The van der Waals surface area contributed by atoms with E-state index in [0.29, 0.717) is 17.3 Å². The minimum atomic E-state index is -0.579. The van der Waals surface area contributed by atoms with Gasteiger partial charge >= 0.3 is 0 Å². The highest BCUT2D eigenvalue weighted by molar-refractivity contribution is 7.18. The molecular formula is C19H20ClN3O2S. The van der Waals surface area contributed by atoms with Crippen molar-refractivity contribution in [1.29, 1.82) is 0 Å². The third-order valence-electron chi connectivity index (χ3n) is 4.71. The van der Waals surface area contributed by atoms with Crippen molar-refractivity contribution < 1.29 is 9.63 Å². The van der Waals surface area contributed by atoms with E-state index in [2.05, 4.69) is 27.5 Å². The van der Waals surface area contributed by atoms with Crippen LogP contribution < -0.4 is 10.2 Å². The van der Waals surface area contributed by atoms with E-state index in [1.54, 1.807) is 0 Å². The molecule has 5 nitrogen and oxygen atoms in total. The Kier molecular flexibility index (Phi) is 5.13. The molecule has 0 bridgehead atoms. The van der Waals surface area contributed by atoms with Crippen LogP contribution in [0.25, 0.3) is 0 Å². The van der Waals surface area contributed by atoms with Crippen LogP contribution in [0, 0.1) is 0 Å². The Labute approximate surface area is 161 Å². The van der Waals surface area contributed by atoms with Gasteiger partial charge < -0.3 is 15.1 Å². The van der Waals surface area contributed by atoms with Gasteiger partial charge in [-0.3, -0.25) is 4.79 Å². The van der Waals surface area contributed by atoms with Crippen LogP contribution in [0.5, 0.6) is 0 Å². The summed E-state index contributed by atoms with van der Waals surface area (Å²) in [5.41, 5.74) is 3.12. The molecule has 0 aliphatic carbocycles. The van der Waals surface area contributed by atoms with Gasteiger partial charge in [0, 0.05) is 31.7 Å². The Hall–Kier alpha value is -2.05. The molecule has 1 amide bonds. The van der Waals surface area contributed by atoms with Crippen molar-refractivity contribution in [2.24, 2.45) is 5.16 Å². The predicted molar refractivity (Wildman–Crippen MR) is 105 cm³/mol. The Morgan fingerprint density at radius 1 is 1.27 bits per heavy atom. The topological polar surface area (TPSA) is 53.9 Å². The summed E-state index contributed by atoms with van der Waals surface area (Å²) in [5.74, 6) is -0.136. The minimum Gasteiger partial charge on any atom is -0.382 e. The highest BCUT2D eigenvalue weighted by Crippen LogP contribution is 2.27. The lowest BCUT2D eigenvalue weighted by Crippen LogP contribution is -2.34. The van der Waals surface area contributed by atoms with E-state index in [1.165, 1.54) is 29.9 Å². The van der Waals surface area contributed by atoms with Gasteiger partial charge in [0.25, 0.3) is 5.91 Å². The second-order valence-electron chi connectivity index (χ2n) is 6.48. The molecule has 1 saturated heterocycles. The fraction of sp³-hybridized carbons (Fsp3) is 0.368. The van der Waals surface area contributed by atoms with Gasteiger partial charge in [-0.25, -0.2) is 0 Å². The number of nitrogens with zero attached hydrogens (tertiary/aromatic N) is 2. The van der Waals surface area contributed by atoms with Crippen molar-refractivity contribution in [3.8, 4) is 0 Å². The van der Waals surface area contributed by atoms with Gasteiger partial charge in [-0.2, -0.15) is 0 Å². The molecule has 1 unspecified atom stereocenters. The number of carbonyl (C=O) groups is 1. The van der Waals surface area contributed by atoms with Gasteiger partial charge in [0.2, 0.25) is 6.10 Å². The highest BCUT2D eigenvalue weighted by Gasteiger charge is 2.29. The highest BCUT2D eigenvalue weighted by atomic mass is 35.5. The molecule has 1 atom stereocenters. The van der Waals surface area contributed by atoms with Crippen LogP contribution in [-0.2, 0) is 16.2 Å². The lowest BCUT2D eigenvalue weighted by molar-refractivity contribution is -0.131. The number of thiophene rings is 1. The summed E-state index contributed by atoms with van der Waals surface area (Å²) >= 11 is 7.41. The van der Waals surface area contributed by atoms with Gasteiger partial charge in [-0.05, 0) is 36.6 Å². The Morgan fingerprint density at radius 3 is 2.85 bits per heavy atom. The van der Waals surface area contributed by atoms with Crippen LogP contribution in [0.4, 0.5) is 5.69 Å². The average Bonchev–Trinajstić information content (AvgIpc) is 3.40. The fourth-order valence-corrected chi connectivity index (χ4v) is 4.39. The molecule has 4 rings (SSSR count). The zero-order valence-electron chi connectivity index (χ0n) is 14.3. The summed E-state index contributed by atoms with van der Waals surface area (Å²) in [4.78, 5) is 21.2. The predicted octanol–water partition coefficient (Wildman–Crippen LogP) is 3.81. The van der Waals surface area contributed by atoms with E-state index in [9.17, 15) is 4.79 Å². The second-order valence-corrected chi connectivity index (χ2v) is 8.20. The molecule has 0 saturated carbocycles. The van der Waals surface area contributed by atoms with E-state index in [4.69, 9.17) is 16.4 Å². The van der Waals surface area contributed by atoms with Gasteiger partial charge in [-0.15, -0.1) is 11.3 Å². The smallest absolute Gasteiger partial charge is 0.264 e. The first-order valence-corrected chi connectivity index (χ1v) is 9.99. The van der Waals surface area contributed by atoms with Crippen molar-refractivity contribution in [2.45, 2.75) is 31.9 Å². The van der Waals surface area contributed by atoms with Crippen molar-refractivity contribution in [1.82, 2.24) is 5.32 Å². The molecule has 1 aromatic carbocycles. The normalized spacial score (nSPS) is 19.3. The summed E-state index contributed by atoms with van der Waals surface area (Å²) in [6.45, 7) is 2.65. The largest absolute Gasteiger partial charge is 0.382 e. The van der Waals surface area contributed by atoms with Crippen LogP contribution >= 0.6 is 22.9 Å². The SMILES string of the molecule is O=C(NCc1ccccc1N1CCCC1)C1CC(c2ccc(Cl)s2)=NO1. The number of carbonyl (C=O) groups excluding carboxylic acids is 1. The summed E-state index contributed by atoms with van der Waals surface area (Å²) in [6.07, 6.45) is 2.34. The molecule has 26 heavy (non-hydrogen) atoms. The fourth-order valence-electron chi connectivity index (χ4n) is 3.36. The van der Waals surface area contributed by atoms with Crippen molar-refractivity contribution in [2.75, 3.05) is 18.0 Å². The number of oxime groups is 1. The number of halogens is 1. The maximum atomic E-state index is 12.5. The molecule has 7 heteroatoms. The van der Waals surface area contributed by atoms with Crippen LogP contribution in [0.15, 0.2) is 41.6 Å². The van der Waals surface area contributed by atoms with Gasteiger partial charge in [0.1, 0.15) is 5.71 Å². The quantitative estimate of drug-likeness (QED) is 0.845. The number of hydrogen-bond acceptors (Lipinski definition) is 5. The Balaban J connectivity index is 1.35. The molecule has 1 N–H and O–H groups in total. The van der Waals surface area contributed by atoms with Gasteiger partial charge in [0.05, 0.1) is 9.21 Å². The molecule has 2 aliphatic rings. The van der Waals surface area contributed by atoms with Crippen molar-refractivity contribution in [3.63, 3.8) is 0 Å². The van der Waals surface area contributed by atoms with Crippen LogP contribution in [0.3, 0.4) is 0 Å². The average molecular weight is 390 g/mol. The van der Waals surface area contributed by atoms with Crippen LogP contribution in [0.1, 0.15) is 29.7 Å². The summed E-state index contributed by atoms with van der Waals surface area (Å²) in [7, 11) is 0. The number of para-hydroxylation sites is 1. The maximum Gasteiger partial charge on any atom is 0.264 e. The summed E-state index contributed by atoms with van der Waals surface area (Å²) in [6, 6.07) is 12.0. The monoisotopic (exact) mass is 389 g/mol. The summed E-state index contributed by atoms with van der Waals surface area (Å²) in [5, 5.41) is 7.05. The minimum absolute atomic E-state index is 0.136. The lowest BCUT2D eigenvalue weighted by atomic mass is 10.1. The number of anilines is 1. The standard InChI is InChI=1S/C19H20ClN3O2S/c20-18-8-7-17(26-18)14-11-16(25-22-14)19(24)21-12-13-5-1-2-6-15(13)23-9-3-4-10-23/h1-2,5-8,16H,3-4,9-12H2,(H,21,24). The van der Waals surface area contributed by atoms with Crippen molar-refractivity contribution >= 4 is 40.2 Å². The van der Waals surface area contributed by atoms with E-state index >= 15 is 0 Å². The van der Waals surface area contributed by atoms with Crippen LogP contribution in [0.2, 0.25) is 4.34 Å². The first kappa shape index (κ1) is 17.4. The molecule has 1 fully saturated rings. The first-order valence-electron chi connectivity index (χ1n) is 8.79. The third-order valence-corrected chi connectivity index (χ3v) is 5.99. The summed E-state index contributed by atoms with van der Waals surface area (Å²) < 4.78 is 0.703. The second kappa shape index (κ2) is 7.68. The maximum absolute atomic E-state index is 12.5. The zero-order chi connectivity index (χ0) is 17.9. The molecule has 0 spiro atoms. The number of hydrogen-bond donors (Lipinski definition) is 1. The zero-order valence-corrected chi connectivity index (χ0v) is 15.9. The molecular weight excluding hydrogens is 370 g/mol. The molecule has 1 aromatic heterocycles. The molecule has 0 radical (unpaired) electrons. The number of amides is 1.